The molecule has 114 valence electrons. The fourth-order valence-corrected chi connectivity index (χ4v) is 3.18. The first-order valence-electron chi connectivity index (χ1n) is 7.42. The minimum atomic E-state index is -0.377. The fourth-order valence-electron chi connectivity index (χ4n) is 2.74. The zero-order chi connectivity index (χ0) is 15.4. The zero-order valence-electron chi connectivity index (χ0n) is 12.4. The normalized spacial score (nSPS) is 22.3. The number of rotatable bonds is 5. The summed E-state index contributed by atoms with van der Waals surface area (Å²) >= 11 is 3.44. The van der Waals surface area contributed by atoms with Gasteiger partial charge in [0.1, 0.15) is 12.1 Å². The Bertz CT molecular complexity index is 533. The van der Waals surface area contributed by atoms with Crippen LogP contribution in [0.1, 0.15) is 38.7 Å². The van der Waals surface area contributed by atoms with Crippen LogP contribution >= 0.6 is 15.9 Å². The fraction of sp³-hybridized carbons (Fsp3) is 0.500. The van der Waals surface area contributed by atoms with Gasteiger partial charge in [-0.25, -0.2) is 0 Å². The predicted molar refractivity (Wildman–Crippen MR) is 85.6 cm³/mol. The van der Waals surface area contributed by atoms with E-state index in [0.29, 0.717) is 19.4 Å². The molecule has 0 saturated carbocycles. The van der Waals surface area contributed by atoms with E-state index in [9.17, 15) is 9.59 Å². The highest BCUT2D eigenvalue weighted by atomic mass is 79.9. The van der Waals surface area contributed by atoms with Crippen LogP contribution in [0, 0.1) is 0 Å². The van der Waals surface area contributed by atoms with E-state index in [0.717, 1.165) is 16.5 Å². The number of benzene rings is 1. The highest BCUT2D eigenvalue weighted by Gasteiger charge is 2.38. The van der Waals surface area contributed by atoms with Crippen molar-refractivity contribution in [3.05, 3.63) is 34.3 Å². The van der Waals surface area contributed by atoms with Crippen molar-refractivity contribution in [2.24, 2.45) is 0 Å². The number of hydrogen-bond donors (Lipinski definition) is 1. The summed E-state index contributed by atoms with van der Waals surface area (Å²) in [5.74, 6) is -0.00572. The molecule has 2 unspecified atom stereocenters. The highest BCUT2D eigenvalue weighted by molar-refractivity contribution is 9.10. The summed E-state index contributed by atoms with van der Waals surface area (Å²) in [5, 5.41) is 2.86. The van der Waals surface area contributed by atoms with E-state index in [1.54, 1.807) is 4.90 Å². The molecule has 1 N–H and O–H groups in total. The smallest absolute Gasteiger partial charge is 0.246 e. The van der Waals surface area contributed by atoms with E-state index in [1.165, 1.54) is 0 Å². The quantitative estimate of drug-likeness (QED) is 0.885. The lowest BCUT2D eigenvalue weighted by molar-refractivity contribution is -0.150. The van der Waals surface area contributed by atoms with Crippen LogP contribution in [-0.4, -0.2) is 28.8 Å². The van der Waals surface area contributed by atoms with Gasteiger partial charge in [0.25, 0.3) is 0 Å². The Morgan fingerprint density at radius 1 is 1.29 bits per heavy atom. The van der Waals surface area contributed by atoms with Crippen LogP contribution in [0.2, 0.25) is 0 Å². The Morgan fingerprint density at radius 2 is 2.05 bits per heavy atom. The molecule has 1 heterocycles. The van der Waals surface area contributed by atoms with Gasteiger partial charge in [-0.3, -0.25) is 9.59 Å². The van der Waals surface area contributed by atoms with Crippen molar-refractivity contribution in [1.82, 2.24) is 10.2 Å². The van der Waals surface area contributed by atoms with Crippen molar-refractivity contribution >= 4 is 27.7 Å². The molecule has 0 radical (unpaired) electrons. The van der Waals surface area contributed by atoms with Crippen molar-refractivity contribution in [3.63, 3.8) is 0 Å². The van der Waals surface area contributed by atoms with Crippen LogP contribution in [-0.2, 0) is 16.1 Å². The third-order valence-electron chi connectivity index (χ3n) is 3.78. The standard InChI is InChI=1S/C16H21BrN2O2/c1-3-6-13-16(21)19(14(4-2)15(20)18-13)10-11-7-5-8-12(17)9-11/h5,7-9,13-14H,3-4,6,10H2,1-2H3,(H,18,20). The largest absolute Gasteiger partial charge is 0.343 e. The van der Waals surface area contributed by atoms with Gasteiger partial charge in [0, 0.05) is 11.0 Å². The van der Waals surface area contributed by atoms with Crippen LogP contribution in [0.15, 0.2) is 28.7 Å². The molecule has 21 heavy (non-hydrogen) atoms. The number of amides is 2. The Kier molecular flexibility index (Phi) is 5.39. The first-order chi connectivity index (χ1) is 10.1. The number of nitrogens with one attached hydrogen (secondary N) is 1. The van der Waals surface area contributed by atoms with Crippen molar-refractivity contribution < 1.29 is 9.59 Å². The molecule has 1 aromatic carbocycles. The molecule has 1 fully saturated rings. The van der Waals surface area contributed by atoms with Gasteiger partial charge in [-0.15, -0.1) is 0 Å². The average Bonchev–Trinajstić information content (AvgIpc) is 2.45. The molecule has 0 bridgehead atoms. The van der Waals surface area contributed by atoms with Crippen LogP contribution in [0.25, 0.3) is 0 Å². The summed E-state index contributed by atoms with van der Waals surface area (Å²) in [4.78, 5) is 26.6. The average molecular weight is 353 g/mol. The Balaban J connectivity index is 2.23. The summed E-state index contributed by atoms with van der Waals surface area (Å²) in [6, 6.07) is 7.11. The maximum Gasteiger partial charge on any atom is 0.246 e. The molecule has 0 aliphatic carbocycles. The summed E-state index contributed by atoms with van der Waals surface area (Å²) in [5.41, 5.74) is 1.03. The van der Waals surface area contributed by atoms with Gasteiger partial charge in [0.15, 0.2) is 0 Å². The lowest BCUT2D eigenvalue weighted by Gasteiger charge is -2.38. The highest BCUT2D eigenvalue weighted by Crippen LogP contribution is 2.20. The number of nitrogens with zero attached hydrogens (tertiary/aromatic N) is 1. The Labute approximate surface area is 134 Å². The van der Waals surface area contributed by atoms with E-state index in [-0.39, 0.29) is 23.9 Å². The lowest BCUT2D eigenvalue weighted by atomic mass is 10.0. The minimum absolute atomic E-state index is 0.0308. The number of carbonyl (C=O) groups is 2. The van der Waals surface area contributed by atoms with Gasteiger partial charge in [-0.2, -0.15) is 0 Å². The predicted octanol–water partition coefficient (Wildman–Crippen LogP) is 2.85. The maximum atomic E-state index is 12.6. The summed E-state index contributed by atoms with van der Waals surface area (Å²) in [6.45, 7) is 4.43. The summed E-state index contributed by atoms with van der Waals surface area (Å²) in [6.07, 6.45) is 2.19. The molecule has 0 spiro atoms. The molecular weight excluding hydrogens is 332 g/mol. The topological polar surface area (TPSA) is 49.4 Å². The molecular formula is C16H21BrN2O2. The zero-order valence-corrected chi connectivity index (χ0v) is 14.0. The molecule has 5 heteroatoms. The number of hydrogen-bond acceptors (Lipinski definition) is 2. The monoisotopic (exact) mass is 352 g/mol. The Hall–Kier alpha value is -1.36. The van der Waals surface area contributed by atoms with Crippen molar-refractivity contribution in [3.8, 4) is 0 Å². The first-order valence-corrected chi connectivity index (χ1v) is 8.21. The van der Waals surface area contributed by atoms with Crippen LogP contribution in [0.5, 0.6) is 0 Å². The van der Waals surface area contributed by atoms with E-state index < -0.39 is 0 Å². The van der Waals surface area contributed by atoms with E-state index in [1.807, 2.05) is 38.1 Å². The molecule has 1 saturated heterocycles. The second kappa shape index (κ2) is 7.07. The molecule has 0 aromatic heterocycles. The van der Waals surface area contributed by atoms with Crippen molar-refractivity contribution in [2.45, 2.75) is 51.7 Å². The summed E-state index contributed by atoms with van der Waals surface area (Å²) < 4.78 is 0.979. The summed E-state index contributed by atoms with van der Waals surface area (Å²) in [7, 11) is 0. The maximum absolute atomic E-state index is 12.6. The molecule has 2 amide bonds. The van der Waals surface area contributed by atoms with Gasteiger partial charge in [0.05, 0.1) is 0 Å². The second-order valence-electron chi connectivity index (χ2n) is 5.37. The van der Waals surface area contributed by atoms with E-state index >= 15 is 0 Å². The first kappa shape index (κ1) is 16.0. The molecule has 2 rings (SSSR count). The van der Waals surface area contributed by atoms with E-state index in [4.69, 9.17) is 0 Å². The van der Waals surface area contributed by atoms with Gasteiger partial charge in [0.2, 0.25) is 11.8 Å². The van der Waals surface area contributed by atoms with Crippen LogP contribution < -0.4 is 5.32 Å². The minimum Gasteiger partial charge on any atom is -0.343 e. The number of halogens is 1. The third kappa shape index (κ3) is 3.64. The molecule has 2 atom stereocenters. The van der Waals surface area contributed by atoms with Crippen molar-refractivity contribution in [1.29, 1.82) is 0 Å². The molecule has 1 aromatic rings. The third-order valence-corrected chi connectivity index (χ3v) is 4.28. The molecule has 1 aliphatic heterocycles. The van der Waals surface area contributed by atoms with Gasteiger partial charge in [-0.05, 0) is 30.5 Å². The number of piperazine rings is 1. The lowest BCUT2D eigenvalue weighted by Crippen LogP contribution is -2.62. The van der Waals surface area contributed by atoms with Gasteiger partial charge < -0.3 is 10.2 Å². The molecule has 1 aliphatic rings. The van der Waals surface area contributed by atoms with Gasteiger partial charge in [-0.1, -0.05) is 48.3 Å². The van der Waals surface area contributed by atoms with Crippen LogP contribution in [0.3, 0.4) is 0 Å². The molecule has 4 nitrogen and oxygen atoms in total. The second-order valence-corrected chi connectivity index (χ2v) is 6.29. The van der Waals surface area contributed by atoms with E-state index in [2.05, 4.69) is 21.2 Å². The SMILES string of the molecule is CCCC1NC(=O)C(CC)N(Cc2cccc(Br)c2)C1=O. The number of carbonyl (C=O) groups excluding carboxylic acids is 2. The Morgan fingerprint density at radius 3 is 2.67 bits per heavy atom. The van der Waals surface area contributed by atoms with Crippen molar-refractivity contribution in [2.75, 3.05) is 0 Å². The van der Waals surface area contributed by atoms with Crippen LogP contribution in [0.4, 0.5) is 0 Å². The van der Waals surface area contributed by atoms with Gasteiger partial charge >= 0.3 is 0 Å².